The summed E-state index contributed by atoms with van der Waals surface area (Å²) in [7, 11) is -1.84. The Hall–Kier alpha value is -0.250. The van der Waals surface area contributed by atoms with E-state index in [0.29, 0.717) is 19.7 Å². The average Bonchev–Trinajstić information content (AvgIpc) is 2.30. The van der Waals surface area contributed by atoms with Crippen LogP contribution in [-0.2, 0) is 14.9 Å². The number of hydrogen-bond donors (Lipinski definition) is 3. The molecule has 1 aliphatic heterocycles. The molecule has 17 heavy (non-hydrogen) atoms. The van der Waals surface area contributed by atoms with Crippen molar-refractivity contribution in [2.24, 2.45) is 0 Å². The molecule has 1 rings (SSSR count). The van der Waals surface area contributed by atoms with E-state index in [1.165, 1.54) is 7.11 Å². The van der Waals surface area contributed by atoms with E-state index in [-0.39, 0.29) is 0 Å². The second-order valence-corrected chi connectivity index (χ2v) is 5.46. The van der Waals surface area contributed by atoms with Crippen molar-refractivity contribution in [2.45, 2.75) is 0 Å². The molecule has 1 saturated heterocycles. The van der Waals surface area contributed by atoms with E-state index in [0.717, 1.165) is 32.7 Å². The zero-order chi connectivity index (χ0) is 12.6. The van der Waals surface area contributed by atoms with Gasteiger partial charge in [-0.05, 0) is 0 Å². The topological polar surface area (TPSA) is 82.7 Å². The van der Waals surface area contributed by atoms with Crippen molar-refractivity contribution in [1.82, 2.24) is 19.7 Å². The Balaban J connectivity index is 2.11. The molecule has 3 N–H and O–H groups in total. The summed E-state index contributed by atoms with van der Waals surface area (Å²) in [6, 6.07) is 0. The Bertz CT molecular complexity index is 291. The lowest BCUT2D eigenvalue weighted by molar-refractivity contribution is 0.204. The Morgan fingerprint density at radius 2 is 1.88 bits per heavy atom. The van der Waals surface area contributed by atoms with Crippen LogP contribution in [0.2, 0.25) is 0 Å². The maximum Gasteiger partial charge on any atom is 0.277 e. The Morgan fingerprint density at radius 1 is 1.24 bits per heavy atom. The zero-order valence-corrected chi connectivity index (χ0v) is 11.1. The summed E-state index contributed by atoms with van der Waals surface area (Å²) in [6.45, 7) is 5.72. The van der Waals surface area contributed by atoms with E-state index in [1.54, 1.807) is 0 Å². The maximum absolute atomic E-state index is 11.4. The fourth-order valence-corrected chi connectivity index (χ4v) is 2.42. The Morgan fingerprint density at radius 3 is 2.53 bits per heavy atom. The molecule has 0 unspecified atom stereocenters. The third-order valence-corrected chi connectivity index (χ3v) is 3.70. The van der Waals surface area contributed by atoms with Crippen LogP contribution in [0.25, 0.3) is 0 Å². The summed E-state index contributed by atoms with van der Waals surface area (Å²) in [6.07, 6.45) is 0. The second-order valence-electron chi connectivity index (χ2n) is 3.88. The maximum atomic E-state index is 11.4. The van der Waals surface area contributed by atoms with Gasteiger partial charge in [0.05, 0.1) is 6.61 Å². The molecular weight excluding hydrogens is 244 g/mol. The highest BCUT2D eigenvalue weighted by Crippen LogP contribution is 1.90. The van der Waals surface area contributed by atoms with Crippen LogP contribution in [0.15, 0.2) is 0 Å². The van der Waals surface area contributed by atoms with Gasteiger partial charge in [0.2, 0.25) is 0 Å². The van der Waals surface area contributed by atoms with Crippen molar-refractivity contribution in [1.29, 1.82) is 0 Å². The fourth-order valence-electron chi connectivity index (χ4n) is 1.60. The minimum absolute atomic E-state index is 0.291. The van der Waals surface area contributed by atoms with Crippen LogP contribution in [0.3, 0.4) is 0 Å². The van der Waals surface area contributed by atoms with Crippen LogP contribution in [0.5, 0.6) is 0 Å². The molecule has 0 aromatic rings. The lowest BCUT2D eigenvalue weighted by atomic mass is 10.3. The minimum Gasteiger partial charge on any atom is -0.383 e. The van der Waals surface area contributed by atoms with Crippen molar-refractivity contribution in [3.63, 3.8) is 0 Å². The third kappa shape index (κ3) is 6.92. The summed E-state index contributed by atoms with van der Waals surface area (Å²) in [5, 5.41) is 3.25. The number of hydrogen-bond acceptors (Lipinski definition) is 5. The van der Waals surface area contributed by atoms with E-state index in [9.17, 15) is 8.42 Å². The number of nitrogens with zero attached hydrogens (tertiary/aromatic N) is 1. The monoisotopic (exact) mass is 266 g/mol. The van der Waals surface area contributed by atoms with E-state index < -0.39 is 10.2 Å². The molecule has 1 heterocycles. The standard InChI is InChI=1S/C9H22N4O3S/c1-16-9-5-12-17(14,15)11-4-8-13-6-2-10-3-7-13/h10-12H,2-9H2,1H3. The lowest BCUT2D eigenvalue weighted by Gasteiger charge is -2.27. The third-order valence-electron chi connectivity index (χ3n) is 2.53. The van der Waals surface area contributed by atoms with E-state index >= 15 is 0 Å². The van der Waals surface area contributed by atoms with Gasteiger partial charge in [-0.15, -0.1) is 0 Å². The highest BCUT2D eigenvalue weighted by Gasteiger charge is 2.11. The molecule has 0 amide bonds. The molecule has 0 aromatic heterocycles. The first-order valence-corrected chi connectivity index (χ1v) is 7.28. The number of rotatable bonds is 8. The zero-order valence-electron chi connectivity index (χ0n) is 10.2. The summed E-state index contributed by atoms with van der Waals surface area (Å²) >= 11 is 0. The fraction of sp³-hybridized carbons (Fsp3) is 1.00. The molecule has 8 heteroatoms. The summed E-state index contributed by atoms with van der Waals surface area (Å²) in [5.41, 5.74) is 0. The predicted molar refractivity (Wildman–Crippen MR) is 66.1 cm³/mol. The van der Waals surface area contributed by atoms with E-state index in [2.05, 4.69) is 19.7 Å². The lowest BCUT2D eigenvalue weighted by Crippen LogP contribution is -2.47. The van der Waals surface area contributed by atoms with Gasteiger partial charge in [-0.3, -0.25) is 4.90 Å². The van der Waals surface area contributed by atoms with Crippen LogP contribution in [0.4, 0.5) is 0 Å². The first-order chi connectivity index (χ1) is 8.14. The summed E-state index contributed by atoms with van der Waals surface area (Å²) < 4.78 is 32.6. The van der Waals surface area contributed by atoms with Crippen LogP contribution in [0.1, 0.15) is 0 Å². The highest BCUT2D eigenvalue weighted by molar-refractivity contribution is 7.87. The van der Waals surface area contributed by atoms with Crippen LogP contribution >= 0.6 is 0 Å². The van der Waals surface area contributed by atoms with Gasteiger partial charge < -0.3 is 10.1 Å². The SMILES string of the molecule is COCCNS(=O)(=O)NCCN1CCNCC1. The molecule has 1 aliphatic rings. The largest absolute Gasteiger partial charge is 0.383 e. The molecule has 7 nitrogen and oxygen atoms in total. The van der Waals surface area contributed by atoms with Gasteiger partial charge in [-0.2, -0.15) is 13.1 Å². The predicted octanol–water partition coefficient (Wildman–Crippen LogP) is -2.04. The molecule has 102 valence electrons. The molecule has 0 saturated carbocycles. The van der Waals surface area contributed by atoms with Gasteiger partial charge in [0, 0.05) is 52.9 Å². The molecule has 0 bridgehead atoms. The normalized spacial score (nSPS) is 18.4. The van der Waals surface area contributed by atoms with Gasteiger partial charge in [0.1, 0.15) is 0 Å². The van der Waals surface area contributed by atoms with Crippen molar-refractivity contribution < 1.29 is 13.2 Å². The number of ether oxygens (including phenoxy) is 1. The molecule has 0 spiro atoms. The Kier molecular flexibility index (Phi) is 6.93. The first-order valence-electron chi connectivity index (χ1n) is 5.80. The first kappa shape index (κ1) is 14.8. The summed E-state index contributed by atoms with van der Waals surface area (Å²) in [4.78, 5) is 2.23. The number of methoxy groups -OCH3 is 1. The highest BCUT2D eigenvalue weighted by atomic mass is 32.2. The van der Waals surface area contributed by atoms with Gasteiger partial charge in [0.25, 0.3) is 10.2 Å². The summed E-state index contributed by atoms with van der Waals surface area (Å²) in [5.74, 6) is 0. The van der Waals surface area contributed by atoms with Gasteiger partial charge >= 0.3 is 0 Å². The van der Waals surface area contributed by atoms with Gasteiger partial charge in [0.15, 0.2) is 0 Å². The molecule has 0 radical (unpaired) electrons. The molecule has 1 fully saturated rings. The average molecular weight is 266 g/mol. The quantitative estimate of drug-likeness (QED) is 0.441. The second kappa shape index (κ2) is 7.96. The Labute approximate surface area is 103 Å². The molecule has 0 aromatic carbocycles. The molecule has 0 aliphatic carbocycles. The van der Waals surface area contributed by atoms with Crippen LogP contribution in [-0.4, -0.2) is 72.8 Å². The van der Waals surface area contributed by atoms with E-state index in [4.69, 9.17) is 4.74 Å². The van der Waals surface area contributed by atoms with Crippen molar-refractivity contribution in [3.8, 4) is 0 Å². The van der Waals surface area contributed by atoms with Crippen molar-refractivity contribution in [2.75, 3.05) is 59.5 Å². The number of nitrogens with one attached hydrogen (secondary N) is 3. The molecular formula is C9H22N4O3S. The van der Waals surface area contributed by atoms with Gasteiger partial charge in [-0.1, -0.05) is 0 Å². The minimum atomic E-state index is -3.38. The molecule has 0 atom stereocenters. The number of piperazine rings is 1. The van der Waals surface area contributed by atoms with Gasteiger partial charge in [-0.25, -0.2) is 4.72 Å². The van der Waals surface area contributed by atoms with E-state index in [1.807, 2.05) is 0 Å². The van der Waals surface area contributed by atoms with Crippen LogP contribution < -0.4 is 14.8 Å². The van der Waals surface area contributed by atoms with Crippen molar-refractivity contribution in [3.05, 3.63) is 0 Å². The van der Waals surface area contributed by atoms with Crippen LogP contribution in [0, 0.1) is 0 Å². The smallest absolute Gasteiger partial charge is 0.277 e. The van der Waals surface area contributed by atoms with Crippen molar-refractivity contribution >= 4 is 10.2 Å².